The zero-order chi connectivity index (χ0) is 15.5. The molecule has 4 nitrogen and oxygen atoms in total. The Morgan fingerprint density at radius 2 is 2.00 bits per heavy atom. The molecule has 1 atom stereocenters. The third kappa shape index (κ3) is 3.63. The molecule has 1 unspecified atom stereocenters. The Morgan fingerprint density at radius 3 is 2.48 bits per heavy atom. The van der Waals surface area contributed by atoms with E-state index in [9.17, 15) is 4.79 Å². The molecule has 0 heterocycles. The number of hydrogen-bond acceptors (Lipinski definition) is 4. The summed E-state index contributed by atoms with van der Waals surface area (Å²) in [7, 11) is 3.50. The van der Waals surface area contributed by atoms with Gasteiger partial charge in [-0.2, -0.15) is 0 Å². The molecule has 0 saturated heterocycles. The van der Waals surface area contributed by atoms with E-state index in [2.05, 4.69) is 24.1 Å². The van der Waals surface area contributed by atoms with Gasteiger partial charge < -0.3 is 9.64 Å². The molecule has 0 amide bonds. The summed E-state index contributed by atoms with van der Waals surface area (Å²) >= 11 is 0. The number of likely N-dealkylation sites (N-methyl/N-ethyl adjacent to an activating group) is 1. The van der Waals surface area contributed by atoms with Gasteiger partial charge in [0.25, 0.3) is 0 Å². The number of carbonyl (C=O) groups excluding carboxylic acids is 1. The fraction of sp³-hybridized carbons (Fsp3) is 0.588. The lowest BCUT2D eigenvalue weighted by Gasteiger charge is -2.37. The van der Waals surface area contributed by atoms with Crippen molar-refractivity contribution in [2.24, 2.45) is 0 Å². The predicted octanol–water partition coefficient (Wildman–Crippen LogP) is 2.15. The van der Waals surface area contributed by atoms with Gasteiger partial charge in [0.15, 0.2) is 5.54 Å². The molecule has 0 spiro atoms. The van der Waals surface area contributed by atoms with Crippen LogP contribution >= 0.6 is 0 Å². The molecule has 1 aliphatic rings. The molecule has 0 radical (unpaired) electrons. The zero-order valence-corrected chi connectivity index (χ0v) is 13.4. The Bertz CT molecular complexity index is 471. The van der Waals surface area contributed by atoms with Crippen molar-refractivity contribution in [1.29, 1.82) is 0 Å². The topological polar surface area (TPSA) is 41.6 Å². The van der Waals surface area contributed by atoms with E-state index < -0.39 is 5.54 Å². The quantitative estimate of drug-likeness (QED) is 0.781. The van der Waals surface area contributed by atoms with E-state index in [1.807, 2.05) is 37.4 Å². The third-order valence-electron chi connectivity index (χ3n) is 4.20. The first kappa shape index (κ1) is 16.0. The summed E-state index contributed by atoms with van der Waals surface area (Å²) in [5.74, 6) is -0.215. The number of ether oxygens (including phenoxy) is 1. The summed E-state index contributed by atoms with van der Waals surface area (Å²) in [4.78, 5) is 14.8. The van der Waals surface area contributed by atoms with Crippen molar-refractivity contribution in [3.63, 3.8) is 0 Å². The second kappa shape index (κ2) is 6.58. The lowest BCUT2D eigenvalue weighted by atomic mass is 9.88. The monoisotopic (exact) mass is 290 g/mol. The lowest BCUT2D eigenvalue weighted by Crippen LogP contribution is -2.58. The van der Waals surface area contributed by atoms with Gasteiger partial charge in [-0.05, 0) is 39.3 Å². The summed E-state index contributed by atoms with van der Waals surface area (Å²) in [6.07, 6.45) is 2.24. The highest BCUT2D eigenvalue weighted by atomic mass is 16.5. The summed E-state index contributed by atoms with van der Waals surface area (Å²) in [6, 6.07) is 10.7. The van der Waals surface area contributed by atoms with Crippen LogP contribution in [0.4, 0.5) is 0 Å². The van der Waals surface area contributed by atoms with Crippen molar-refractivity contribution in [1.82, 2.24) is 10.2 Å². The molecular weight excluding hydrogens is 264 g/mol. The van der Waals surface area contributed by atoms with E-state index in [0.29, 0.717) is 18.6 Å². The van der Waals surface area contributed by atoms with E-state index in [1.165, 1.54) is 7.11 Å². The number of nitrogens with zero attached hydrogens (tertiary/aromatic N) is 1. The number of methoxy groups -OCH3 is 1. The summed E-state index contributed by atoms with van der Waals surface area (Å²) in [6.45, 7) is 4.85. The maximum absolute atomic E-state index is 12.6. The standard InChI is InChI=1S/C17H26N2O2/c1-13(2)19(3)12-17(16(20)21-4,18-15-10-11-15)14-8-6-5-7-9-14/h5-9,13,15,18H,10-12H2,1-4H3. The molecule has 21 heavy (non-hydrogen) atoms. The highest BCUT2D eigenvalue weighted by molar-refractivity contribution is 5.83. The highest BCUT2D eigenvalue weighted by Gasteiger charge is 2.46. The molecule has 1 fully saturated rings. The smallest absolute Gasteiger partial charge is 0.332 e. The maximum Gasteiger partial charge on any atom is 0.332 e. The van der Waals surface area contributed by atoms with Crippen LogP contribution in [0.15, 0.2) is 30.3 Å². The van der Waals surface area contributed by atoms with Gasteiger partial charge in [-0.15, -0.1) is 0 Å². The van der Waals surface area contributed by atoms with Crippen LogP contribution in [0.3, 0.4) is 0 Å². The molecule has 1 aromatic rings. The van der Waals surface area contributed by atoms with E-state index >= 15 is 0 Å². The fourth-order valence-electron chi connectivity index (χ4n) is 2.49. The molecule has 116 valence electrons. The fourth-order valence-corrected chi connectivity index (χ4v) is 2.49. The minimum atomic E-state index is -0.795. The van der Waals surface area contributed by atoms with Crippen LogP contribution in [0.2, 0.25) is 0 Å². The first-order valence-electron chi connectivity index (χ1n) is 7.61. The van der Waals surface area contributed by atoms with Crippen molar-refractivity contribution >= 4 is 5.97 Å². The number of hydrogen-bond donors (Lipinski definition) is 1. The number of nitrogens with one attached hydrogen (secondary N) is 1. The first-order valence-corrected chi connectivity index (χ1v) is 7.61. The Morgan fingerprint density at radius 1 is 1.38 bits per heavy atom. The average molecular weight is 290 g/mol. The van der Waals surface area contributed by atoms with Crippen LogP contribution in [0.5, 0.6) is 0 Å². The average Bonchev–Trinajstić information content (AvgIpc) is 3.30. The molecule has 1 aliphatic carbocycles. The minimum Gasteiger partial charge on any atom is -0.467 e. The van der Waals surface area contributed by atoms with Gasteiger partial charge in [-0.25, -0.2) is 4.79 Å². The van der Waals surface area contributed by atoms with Crippen molar-refractivity contribution in [2.75, 3.05) is 20.7 Å². The Balaban J connectivity index is 2.39. The lowest BCUT2D eigenvalue weighted by molar-refractivity contribution is -0.150. The van der Waals surface area contributed by atoms with E-state index in [0.717, 1.165) is 18.4 Å². The number of esters is 1. The Labute approximate surface area is 127 Å². The molecule has 0 aliphatic heterocycles. The van der Waals surface area contributed by atoms with Crippen LogP contribution in [-0.4, -0.2) is 43.7 Å². The number of carbonyl (C=O) groups is 1. The molecule has 4 heteroatoms. The molecular formula is C17H26N2O2. The number of benzene rings is 1. The molecule has 2 rings (SSSR count). The van der Waals surface area contributed by atoms with Crippen LogP contribution < -0.4 is 5.32 Å². The summed E-state index contributed by atoms with van der Waals surface area (Å²) < 4.78 is 5.15. The molecule has 1 saturated carbocycles. The van der Waals surface area contributed by atoms with Gasteiger partial charge >= 0.3 is 5.97 Å². The van der Waals surface area contributed by atoms with Gasteiger partial charge in [0.1, 0.15) is 0 Å². The van der Waals surface area contributed by atoms with Gasteiger partial charge in [-0.3, -0.25) is 5.32 Å². The van der Waals surface area contributed by atoms with E-state index in [-0.39, 0.29) is 5.97 Å². The number of rotatable bonds is 7. The van der Waals surface area contributed by atoms with E-state index in [4.69, 9.17) is 4.74 Å². The summed E-state index contributed by atoms with van der Waals surface area (Å²) in [5.41, 5.74) is 0.173. The highest BCUT2D eigenvalue weighted by Crippen LogP contribution is 2.31. The summed E-state index contributed by atoms with van der Waals surface area (Å²) in [5, 5.41) is 3.54. The Kier molecular flexibility index (Phi) is 5.01. The largest absolute Gasteiger partial charge is 0.467 e. The van der Waals surface area contributed by atoms with Gasteiger partial charge in [0.2, 0.25) is 0 Å². The molecule has 0 aromatic heterocycles. The molecule has 1 aromatic carbocycles. The van der Waals surface area contributed by atoms with Crippen molar-refractivity contribution in [3.05, 3.63) is 35.9 Å². The van der Waals surface area contributed by atoms with Gasteiger partial charge in [-0.1, -0.05) is 30.3 Å². The SMILES string of the molecule is COC(=O)C(CN(C)C(C)C)(NC1CC1)c1ccccc1. The predicted molar refractivity (Wildman–Crippen MR) is 84.1 cm³/mol. The van der Waals surface area contributed by atoms with Crippen molar-refractivity contribution in [3.8, 4) is 0 Å². The van der Waals surface area contributed by atoms with Crippen LogP contribution in [0, 0.1) is 0 Å². The van der Waals surface area contributed by atoms with Crippen LogP contribution in [-0.2, 0) is 15.1 Å². The van der Waals surface area contributed by atoms with Gasteiger partial charge in [0, 0.05) is 18.6 Å². The molecule has 0 bridgehead atoms. The maximum atomic E-state index is 12.6. The second-order valence-electron chi connectivity index (χ2n) is 6.19. The van der Waals surface area contributed by atoms with Crippen LogP contribution in [0.1, 0.15) is 32.3 Å². The second-order valence-corrected chi connectivity index (χ2v) is 6.19. The van der Waals surface area contributed by atoms with E-state index in [1.54, 1.807) is 0 Å². The first-order chi connectivity index (χ1) is 9.99. The minimum absolute atomic E-state index is 0.215. The Hall–Kier alpha value is -1.39. The van der Waals surface area contributed by atoms with Crippen molar-refractivity contribution in [2.45, 2.75) is 44.3 Å². The zero-order valence-electron chi connectivity index (χ0n) is 13.4. The third-order valence-corrected chi connectivity index (χ3v) is 4.20. The van der Waals surface area contributed by atoms with Gasteiger partial charge in [0.05, 0.1) is 7.11 Å². The van der Waals surface area contributed by atoms with Crippen LogP contribution in [0.25, 0.3) is 0 Å². The normalized spacial score (nSPS) is 17.8. The van der Waals surface area contributed by atoms with Crippen molar-refractivity contribution < 1.29 is 9.53 Å². The molecule has 1 N–H and O–H groups in total.